The Morgan fingerprint density at radius 3 is 2.45 bits per heavy atom. The minimum Gasteiger partial charge on any atom is -0.399 e. The summed E-state index contributed by atoms with van der Waals surface area (Å²) in [5.74, 6) is 0.101. The van der Waals surface area contributed by atoms with Crippen molar-refractivity contribution in [1.82, 2.24) is 0 Å². The van der Waals surface area contributed by atoms with Crippen molar-refractivity contribution in [2.75, 3.05) is 5.73 Å². The number of benzene rings is 2. The maximum atomic E-state index is 6.00. The number of anilines is 1. The lowest BCUT2D eigenvalue weighted by Crippen LogP contribution is -2.07. The van der Waals surface area contributed by atoms with Crippen LogP contribution in [-0.4, -0.2) is 6.21 Å². The molecular weight excluding hydrogens is 268 g/mol. The molecule has 0 spiro atoms. The fraction of sp³-hybridized carbons (Fsp3) is 0.250. The monoisotopic (exact) mass is 292 g/mol. The van der Waals surface area contributed by atoms with Gasteiger partial charge < -0.3 is 5.73 Å². The number of nitrogen functional groups attached to an aromatic ring is 1. The van der Waals surface area contributed by atoms with E-state index in [0.717, 1.165) is 11.4 Å². The Morgan fingerprint density at radius 1 is 1.09 bits per heavy atom. The van der Waals surface area contributed by atoms with Crippen molar-refractivity contribution in [1.29, 1.82) is 0 Å². The summed E-state index contributed by atoms with van der Waals surface area (Å²) in [6.07, 6.45) is 3.93. The van der Waals surface area contributed by atoms with Crippen molar-refractivity contribution >= 4 is 11.9 Å². The van der Waals surface area contributed by atoms with Crippen molar-refractivity contribution in [2.24, 2.45) is 4.99 Å². The molecule has 0 saturated heterocycles. The SMILES string of the molecule is CC=N/C(=C\C)C(c1cccc(N)c1)c1cccc(C)c1C. The molecule has 0 aliphatic heterocycles. The van der Waals surface area contributed by atoms with Gasteiger partial charge in [-0.1, -0.05) is 36.4 Å². The Balaban J connectivity index is 2.67. The normalized spacial score (nSPS) is 13.5. The molecule has 0 heterocycles. The molecule has 2 heteroatoms. The van der Waals surface area contributed by atoms with E-state index in [2.05, 4.69) is 49.2 Å². The molecule has 0 fully saturated rings. The first-order valence-electron chi connectivity index (χ1n) is 7.65. The molecule has 0 bridgehead atoms. The molecule has 0 radical (unpaired) electrons. The first-order valence-corrected chi connectivity index (χ1v) is 7.65. The summed E-state index contributed by atoms with van der Waals surface area (Å²) in [5, 5.41) is 0. The van der Waals surface area contributed by atoms with E-state index < -0.39 is 0 Å². The number of rotatable bonds is 4. The molecule has 0 amide bonds. The van der Waals surface area contributed by atoms with E-state index in [1.165, 1.54) is 22.3 Å². The van der Waals surface area contributed by atoms with Crippen LogP contribution in [0, 0.1) is 13.8 Å². The molecule has 2 aromatic carbocycles. The fourth-order valence-corrected chi connectivity index (χ4v) is 2.80. The largest absolute Gasteiger partial charge is 0.399 e. The van der Waals surface area contributed by atoms with Gasteiger partial charge in [0.1, 0.15) is 0 Å². The van der Waals surface area contributed by atoms with Crippen LogP contribution in [0.3, 0.4) is 0 Å². The van der Waals surface area contributed by atoms with E-state index in [-0.39, 0.29) is 5.92 Å². The lowest BCUT2D eigenvalue weighted by molar-refractivity contribution is 0.912. The van der Waals surface area contributed by atoms with E-state index in [1.807, 2.05) is 38.3 Å². The highest BCUT2D eigenvalue weighted by molar-refractivity contribution is 5.58. The topological polar surface area (TPSA) is 38.4 Å². The summed E-state index contributed by atoms with van der Waals surface area (Å²) < 4.78 is 0. The quantitative estimate of drug-likeness (QED) is 0.624. The van der Waals surface area contributed by atoms with Crippen LogP contribution in [0.4, 0.5) is 5.69 Å². The highest BCUT2D eigenvalue weighted by Crippen LogP contribution is 2.35. The number of allylic oxidation sites excluding steroid dienone is 2. The van der Waals surface area contributed by atoms with E-state index in [4.69, 9.17) is 5.73 Å². The van der Waals surface area contributed by atoms with Crippen LogP contribution in [-0.2, 0) is 0 Å². The van der Waals surface area contributed by atoms with Crippen molar-refractivity contribution in [3.63, 3.8) is 0 Å². The molecule has 22 heavy (non-hydrogen) atoms. The number of nitrogens with two attached hydrogens (primary N) is 1. The van der Waals surface area contributed by atoms with E-state index >= 15 is 0 Å². The third kappa shape index (κ3) is 3.28. The zero-order chi connectivity index (χ0) is 16.1. The summed E-state index contributed by atoms with van der Waals surface area (Å²) in [6, 6.07) is 14.5. The van der Waals surface area contributed by atoms with Crippen LogP contribution < -0.4 is 5.73 Å². The minimum atomic E-state index is 0.101. The third-order valence-electron chi connectivity index (χ3n) is 4.07. The van der Waals surface area contributed by atoms with Gasteiger partial charge in [0.05, 0.1) is 5.92 Å². The zero-order valence-electron chi connectivity index (χ0n) is 13.8. The molecule has 0 saturated carbocycles. The second kappa shape index (κ2) is 7.08. The number of hydrogen-bond donors (Lipinski definition) is 1. The van der Waals surface area contributed by atoms with Crippen molar-refractivity contribution < 1.29 is 0 Å². The molecule has 1 unspecified atom stereocenters. The summed E-state index contributed by atoms with van der Waals surface area (Å²) in [5.41, 5.74) is 12.9. The second-order valence-electron chi connectivity index (χ2n) is 5.49. The van der Waals surface area contributed by atoms with E-state index in [1.54, 1.807) is 0 Å². The van der Waals surface area contributed by atoms with Crippen LogP contribution in [0.5, 0.6) is 0 Å². The molecule has 0 aromatic heterocycles. The number of aliphatic imine (C=N–C) groups is 1. The Kier molecular flexibility index (Phi) is 5.16. The summed E-state index contributed by atoms with van der Waals surface area (Å²) in [7, 11) is 0. The van der Waals surface area contributed by atoms with Crippen LogP contribution in [0.15, 0.2) is 59.2 Å². The average molecular weight is 292 g/mol. The molecule has 1 atom stereocenters. The summed E-state index contributed by atoms with van der Waals surface area (Å²) >= 11 is 0. The predicted molar refractivity (Wildman–Crippen MR) is 96.5 cm³/mol. The smallest absolute Gasteiger partial charge is 0.0512 e. The van der Waals surface area contributed by atoms with Gasteiger partial charge in [-0.05, 0) is 62.1 Å². The van der Waals surface area contributed by atoms with Gasteiger partial charge in [0.2, 0.25) is 0 Å². The molecule has 2 N–H and O–H groups in total. The highest BCUT2D eigenvalue weighted by atomic mass is 14.7. The number of hydrogen-bond acceptors (Lipinski definition) is 2. The van der Waals surface area contributed by atoms with Gasteiger partial charge >= 0.3 is 0 Å². The molecule has 114 valence electrons. The Labute approximate surface area is 133 Å². The van der Waals surface area contributed by atoms with Gasteiger partial charge in [-0.15, -0.1) is 0 Å². The lowest BCUT2D eigenvalue weighted by Gasteiger charge is -2.22. The molecule has 2 aromatic rings. The van der Waals surface area contributed by atoms with Gasteiger partial charge in [0.15, 0.2) is 0 Å². The maximum absolute atomic E-state index is 6.00. The van der Waals surface area contributed by atoms with Crippen LogP contribution in [0.1, 0.15) is 42.0 Å². The van der Waals surface area contributed by atoms with Crippen molar-refractivity contribution in [3.8, 4) is 0 Å². The van der Waals surface area contributed by atoms with Crippen LogP contribution in [0.2, 0.25) is 0 Å². The van der Waals surface area contributed by atoms with Gasteiger partial charge in [-0.2, -0.15) is 0 Å². The first kappa shape index (κ1) is 16.0. The van der Waals surface area contributed by atoms with Gasteiger partial charge in [0, 0.05) is 17.6 Å². The third-order valence-corrected chi connectivity index (χ3v) is 4.07. The standard InChI is InChI=1S/C20H24N2/c1-5-19(22-6-2)20(16-10-8-11-17(21)13-16)18-12-7-9-14(3)15(18)4/h5-13,20H,21H2,1-4H3/b19-5-,22-6?. The van der Waals surface area contributed by atoms with E-state index in [0.29, 0.717) is 0 Å². The zero-order valence-corrected chi connectivity index (χ0v) is 13.8. The molecule has 0 aliphatic rings. The molecule has 2 rings (SSSR count). The molecular formula is C20H24N2. The maximum Gasteiger partial charge on any atom is 0.0512 e. The molecule has 2 nitrogen and oxygen atoms in total. The van der Waals surface area contributed by atoms with Crippen LogP contribution >= 0.6 is 0 Å². The first-order chi connectivity index (χ1) is 10.6. The number of aryl methyl sites for hydroxylation is 1. The lowest BCUT2D eigenvalue weighted by atomic mass is 9.84. The van der Waals surface area contributed by atoms with Gasteiger partial charge in [-0.3, -0.25) is 4.99 Å². The molecule has 0 aliphatic carbocycles. The average Bonchev–Trinajstić information content (AvgIpc) is 2.51. The fourth-order valence-electron chi connectivity index (χ4n) is 2.80. The second-order valence-corrected chi connectivity index (χ2v) is 5.49. The minimum absolute atomic E-state index is 0.101. The summed E-state index contributed by atoms with van der Waals surface area (Å²) in [6.45, 7) is 8.30. The van der Waals surface area contributed by atoms with E-state index in [9.17, 15) is 0 Å². The van der Waals surface area contributed by atoms with Gasteiger partial charge in [0.25, 0.3) is 0 Å². The Bertz CT molecular complexity index is 711. The van der Waals surface area contributed by atoms with Crippen molar-refractivity contribution in [2.45, 2.75) is 33.6 Å². The summed E-state index contributed by atoms with van der Waals surface area (Å²) in [4.78, 5) is 4.59. The Morgan fingerprint density at radius 2 is 1.82 bits per heavy atom. The number of nitrogens with zero attached hydrogens (tertiary/aromatic N) is 1. The van der Waals surface area contributed by atoms with Crippen molar-refractivity contribution in [3.05, 3.63) is 76.5 Å². The predicted octanol–water partition coefficient (Wildman–Crippen LogP) is 5.01. The Hall–Kier alpha value is -2.35. The van der Waals surface area contributed by atoms with Gasteiger partial charge in [-0.25, -0.2) is 0 Å². The highest BCUT2D eigenvalue weighted by Gasteiger charge is 2.20. The van der Waals surface area contributed by atoms with Crippen LogP contribution in [0.25, 0.3) is 0 Å².